The second-order valence-corrected chi connectivity index (χ2v) is 6.49. The van der Waals surface area contributed by atoms with Gasteiger partial charge in [-0.1, -0.05) is 6.92 Å². The molecular weight excluding hydrogens is 270 g/mol. The van der Waals surface area contributed by atoms with Crippen molar-refractivity contribution in [3.05, 3.63) is 11.3 Å². The molecule has 0 aromatic carbocycles. The van der Waals surface area contributed by atoms with Crippen molar-refractivity contribution in [2.45, 2.75) is 44.2 Å². The van der Waals surface area contributed by atoms with Crippen LogP contribution in [0.4, 0.5) is 0 Å². The molecule has 1 heterocycles. The number of carbonyl (C=O) groups is 1. The van der Waals surface area contributed by atoms with Crippen molar-refractivity contribution < 1.29 is 18.3 Å². The van der Waals surface area contributed by atoms with Crippen molar-refractivity contribution >= 4 is 16.0 Å². The number of aromatic amines is 1. The molecule has 19 heavy (non-hydrogen) atoms. The zero-order chi connectivity index (χ0) is 14.2. The summed E-state index contributed by atoms with van der Waals surface area (Å²) in [4.78, 5) is 11.2. The van der Waals surface area contributed by atoms with Gasteiger partial charge in [0.1, 0.15) is 5.56 Å². The molecule has 1 aromatic heterocycles. The molecule has 8 heteroatoms. The molecule has 0 atom stereocenters. The first kappa shape index (κ1) is 14.0. The number of aromatic nitrogens is 2. The third kappa shape index (κ3) is 2.50. The molecule has 0 amide bonds. The van der Waals surface area contributed by atoms with Crippen molar-refractivity contribution in [2.75, 3.05) is 6.54 Å². The minimum atomic E-state index is -3.84. The Morgan fingerprint density at radius 3 is 2.63 bits per heavy atom. The monoisotopic (exact) mass is 287 g/mol. The lowest BCUT2D eigenvalue weighted by atomic mass is 10.3. The highest BCUT2D eigenvalue weighted by Crippen LogP contribution is 2.32. The third-order valence-electron chi connectivity index (χ3n) is 3.08. The summed E-state index contributed by atoms with van der Waals surface area (Å²) < 4.78 is 26.4. The van der Waals surface area contributed by atoms with E-state index >= 15 is 0 Å². The minimum Gasteiger partial charge on any atom is -0.478 e. The third-order valence-corrected chi connectivity index (χ3v) is 4.96. The summed E-state index contributed by atoms with van der Waals surface area (Å²) in [6.45, 7) is 3.77. The highest BCUT2D eigenvalue weighted by Gasteiger charge is 2.41. The zero-order valence-corrected chi connectivity index (χ0v) is 11.7. The topological polar surface area (TPSA) is 103 Å². The Kier molecular flexibility index (Phi) is 3.64. The summed E-state index contributed by atoms with van der Waals surface area (Å²) >= 11 is 0. The minimum absolute atomic E-state index is 0.0106. The van der Waals surface area contributed by atoms with E-state index in [1.807, 2.05) is 6.92 Å². The molecule has 0 spiro atoms. The quantitative estimate of drug-likeness (QED) is 0.811. The summed E-state index contributed by atoms with van der Waals surface area (Å²) in [5.74, 6) is -1.28. The number of aryl methyl sites for hydroxylation is 1. The second-order valence-electron chi connectivity index (χ2n) is 4.68. The molecule has 1 fully saturated rings. The first-order valence-electron chi connectivity index (χ1n) is 6.19. The number of sulfonamides is 1. The van der Waals surface area contributed by atoms with Gasteiger partial charge in [0.05, 0.1) is 0 Å². The number of H-pyrrole nitrogens is 1. The van der Waals surface area contributed by atoms with Crippen LogP contribution in [0.3, 0.4) is 0 Å². The van der Waals surface area contributed by atoms with Crippen LogP contribution in [0.25, 0.3) is 0 Å². The van der Waals surface area contributed by atoms with Gasteiger partial charge in [0, 0.05) is 18.3 Å². The molecule has 2 N–H and O–H groups in total. The SMILES string of the molecule is CCCN(C1CC1)S(=O)(=O)c1n[nH]c(C)c1C(=O)O. The van der Waals surface area contributed by atoms with Crippen LogP contribution in [0.2, 0.25) is 0 Å². The van der Waals surface area contributed by atoms with Gasteiger partial charge in [-0.15, -0.1) is 0 Å². The van der Waals surface area contributed by atoms with Gasteiger partial charge in [0.2, 0.25) is 5.03 Å². The van der Waals surface area contributed by atoms with Crippen molar-refractivity contribution in [3.8, 4) is 0 Å². The molecule has 7 nitrogen and oxygen atoms in total. The van der Waals surface area contributed by atoms with E-state index in [0.29, 0.717) is 13.0 Å². The molecular formula is C11H17N3O4S. The van der Waals surface area contributed by atoms with Crippen molar-refractivity contribution in [1.29, 1.82) is 0 Å². The van der Waals surface area contributed by atoms with Crippen LogP contribution in [-0.4, -0.2) is 46.6 Å². The predicted octanol–water partition coefficient (Wildman–Crippen LogP) is 0.979. The van der Waals surface area contributed by atoms with Crippen molar-refractivity contribution in [1.82, 2.24) is 14.5 Å². The molecule has 1 saturated carbocycles. The van der Waals surface area contributed by atoms with Crippen LogP contribution in [0.5, 0.6) is 0 Å². The number of carboxylic acids is 1. The normalized spacial score (nSPS) is 15.9. The van der Waals surface area contributed by atoms with Crippen LogP contribution >= 0.6 is 0 Å². The van der Waals surface area contributed by atoms with Crippen LogP contribution < -0.4 is 0 Å². The lowest BCUT2D eigenvalue weighted by Crippen LogP contribution is -2.35. The number of nitrogens with zero attached hydrogens (tertiary/aromatic N) is 2. The van der Waals surface area contributed by atoms with Crippen LogP contribution in [0, 0.1) is 6.92 Å². The van der Waals surface area contributed by atoms with Crippen molar-refractivity contribution in [2.24, 2.45) is 0 Å². The molecule has 0 saturated heterocycles. The second kappa shape index (κ2) is 4.93. The number of hydrogen-bond acceptors (Lipinski definition) is 4. The summed E-state index contributed by atoms with van der Waals surface area (Å²) in [6, 6.07) is -0.0106. The maximum atomic E-state index is 12.5. The number of carboxylic acid groups (broad SMARTS) is 1. The Balaban J connectivity index is 2.46. The Morgan fingerprint density at radius 1 is 1.53 bits per heavy atom. The highest BCUT2D eigenvalue weighted by atomic mass is 32.2. The van der Waals surface area contributed by atoms with Crippen LogP contribution in [0.15, 0.2) is 5.03 Å². The van der Waals surface area contributed by atoms with E-state index in [1.165, 1.54) is 11.2 Å². The van der Waals surface area contributed by atoms with Gasteiger partial charge in [-0.3, -0.25) is 5.10 Å². The Morgan fingerprint density at radius 2 is 2.16 bits per heavy atom. The Bertz CT molecular complexity index is 589. The molecule has 0 unspecified atom stereocenters. The standard InChI is InChI=1S/C11H17N3O4S/c1-3-6-14(8-4-5-8)19(17,18)10-9(11(15)16)7(2)12-13-10/h8H,3-6H2,1-2H3,(H,12,13)(H,15,16). The van der Waals surface area contributed by atoms with E-state index in [1.54, 1.807) is 0 Å². The number of nitrogens with one attached hydrogen (secondary N) is 1. The lowest BCUT2D eigenvalue weighted by Gasteiger charge is -2.20. The average Bonchev–Trinajstić information content (AvgIpc) is 3.07. The van der Waals surface area contributed by atoms with Gasteiger partial charge in [-0.2, -0.15) is 9.40 Å². The molecule has 1 aromatic rings. The molecule has 0 aliphatic heterocycles. The maximum absolute atomic E-state index is 12.5. The van der Waals surface area contributed by atoms with Crippen LogP contribution in [0.1, 0.15) is 42.2 Å². The predicted molar refractivity (Wildman–Crippen MR) is 67.5 cm³/mol. The molecule has 0 radical (unpaired) electrons. The molecule has 0 bridgehead atoms. The van der Waals surface area contributed by atoms with Gasteiger partial charge >= 0.3 is 5.97 Å². The Hall–Kier alpha value is -1.41. The molecule has 1 aliphatic rings. The molecule has 1 aliphatic carbocycles. The van der Waals surface area contributed by atoms with Crippen LogP contribution in [-0.2, 0) is 10.0 Å². The van der Waals surface area contributed by atoms with Gasteiger partial charge in [-0.25, -0.2) is 13.2 Å². The van der Waals surface area contributed by atoms with Gasteiger partial charge in [-0.05, 0) is 26.2 Å². The molecule has 2 rings (SSSR count). The number of aromatic carboxylic acids is 1. The fraction of sp³-hybridized carbons (Fsp3) is 0.636. The average molecular weight is 287 g/mol. The number of rotatable bonds is 6. The summed E-state index contributed by atoms with van der Waals surface area (Å²) in [5, 5.41) is 14.9. The lowest BCUT2D eigenvalue weighted by molar-refractivity contribution is 0.0691. The smallest absolute Gasteiger partial charge is 0.340 e. The zero-order valence-electron chi connectivity index (χ0n) is 10.9. The maximum Gasteiger partial charge on any atom is 0.340 e. The number of hydrogen-bond donors (Lipinski definition) is 2. The van der Waals surface area contributed by atoms with E-state index in [4.69, 9.17) is 5.11 Å². The van der Waals surface area contributed by atoms with Crippen molar-refractivity contribution in [3.63, 3.8) is 0 Å². The summed E-state index contributed by atoms with van der Waals surface area (Å²) in [5.41, 5.74) is -0.0138. The van der Waals surface area contributed by atoms with E-state index < -0.39 is 16.0 Å². The van der Waals surface area contributed by atoms with E-state index in [2.05, 4.69) is 10.2 Å². The Labute approximate surface area is 111 Å². The highest BCUT2D eigenvalue weighted by molar-refractivity contribution is 7.89. The largest absolute Gasteiger partial charge is 0.478 e. The van der Waals surface area contributed by atoms with E-state index in [0.717, 1.165) is 12.8 Å². The fourth-order valence-corrected chi connectivity index (χ4v) is 3.95. The van der Waals surface area contributed by atoms with E-state index in [-0.39, 0.29) is 22.3 Å². The summed E-state index contributed by atoms with van der Waals surface area (Å²) in [7, 11) is -3.84. The first-order chi connectivity index (χ1) is 8.89. The first-order valence-corrected chi connectivity index (χ1v) is 7.63. The van der Waals surface area contributed by atoms with E-state index in [9.17, 15) is 13.2 Å². The molecule has 106 valence electrons. The van der Waals surface area contributed by atoms with Gasteiger partial charge < -0.3 is 5.11 Å². The van der Waals surface area contributed by atoms with Gasteiger partial charge in [0.25, 0.3) is 10.0 Å². The van der Waals surface area contributed by atoms with Gasteiger partial charge in [0.15, 0.2) is 0 Å². The fourth-order valence-electron chi connectivity index (χ4n) is 2.04. The summed E-state index contributed by atoms with van der Waals surface area (Å²) in [6.07, 6.45) is 2.33.